The molecule has 1 aliphatic heterocycles. The van der Waals surface area contributed by atoms with E-state index < -0.39 is 0 Å². The van der Waals surface area contributed by atoms with Gasteiger partial charge >= 0.3 is 6.03 Å². The van der Waals surface area contributed by atoms with Crippen LogP contribution in [0.3, 0.4) is 0 Å². The summed E-state index contributed by atoms with van der Waals surface area (Å²) < 4.78 is 13.7. The average Bonchev–Trinajstić information content (AvgIpc) is 3.20. The highest BCUT2D eigenvalue weighted by molar-refractivity contribution is 8.12. The summed E-state index contributed by atoms with van der Waals surface area (Å²) in [5, 5.41) is 5.57. The number of hydrogen-bond donors (Lipinski definition) is 1. The molecule has 0 bridgehead atoms. The number of nitrogens with two attached hydrogens (primary N) is 1. The van der Waals surface area contributed by atoms with E-state index in [1.54, 1.807) is 23.6 Å². The minimum Gasteiger partial charge on any atom is -0.330 e. The Hall–Kier alpha value is -2.38. The van der Waals surface area contributed by atoms with E-state index in [1.807, 2.05) is 25.1 Å². The van der Waals surface area contributed by atoms with Crippen LogP contribution < -0.4 is 5.73 Å². The number of hydrogen-bond acceptors (Lipinski definition) is 4. The van der Waals surface area contributed by atoms with Crippen LogP contribution >= 0.6 is 11.8 Å². The van der Waals surface area contributed by atoms with Crippen LogP contribution in [0, 0.1) is 5.82 Å². The Bertz CT molecular complexity index is 873. The van der Waals surface area contributed by atoms with Crippen molar-refractivity contribution in [2.24, 2.45) is 10.8 Å². The lowest BCUT2D eigenvalue weighted by atomic mass is 9.96. The first kappa shape index (κ1) is 20.4. The summed E-state index contributed by atoms with van der Waals surface area (Å²) in [6.07, 6.45) is 1.67. The molecule has 148 valence electrons. The van der Waals surface area contributed by atoms with E-state index in [0.717, 1.165) is 35.1 Å². The van der Waals surface area contributed by atoms with Gasteiger partial charge in [-0.05, 0) is 66.8 Å². The fourth-order valence-corrected chi connectivity index (χ4v) is 4.01. The van der Waals surface area contributed by atoms with Crippen molar-refractivity contribution in [2.45, 2.75) is 25.1 Å². The summed E-state index contributed by atoms with van der Waals surface area (Å²) in [6, 6.07) is 12.5. The largest absolute Gasteiger partial charge is 0.341 e. The Kier molecular flexibility index (Phi) is 6.70. The van der Waals surface area contributed by atoms with Crippen LogP contribution in [0.4, 0.5) is 9.18 Å². The van der Waals surface area contributed by atoms with Crippen molar-refractivity contribution in [3.05, 3.63) is 59.4 Å². The van der Waals surface area contributed by atoms with Gasteiger partial charge in [0, 0.05) is 13.6 Å². The van der Waals surface area contributed by atoms with Crippen LogP contribution in [-0.4, -0.2) is 41.6 Å². The SMILES string of the molecule is CCN(C)C(=O)N1N=CSC1c1cc(-c2cccc(F)c2)ccc1CCCN. The molecule has 0 saturated heterocycles. The maximum Gasteiger partial charge on any atom is 0.341 e. The summed E-state index contributed by atoms with van der Waals surface area (Å²) >= 11 is 1.50. The second kappa shape index (κ2) is 9.21. The number of thioether (sulfide) groups is 1. The third-order valence-corrected chi connectivity index (χ3v) is 5.73. The van der Waals surface area contributed by atoms with Gasteiger partial charge in [-0.25, -0.2) is 9.18 Å². The smallest absolute Gasteiger partial charge is 0.330 e. The third kappa shape index (κ3) is 4.36. The number of amides is 2. The van der Waals surface area contributed by atoms with Crippen molar-refractivity contribution in [1.29, 1.82) is 0 Å². The van der Waals surface area contributed by atoms with E-state index in [2.05, 4.69) is 11.2 Å². The lowest BCUT2D eigenvalue weighted by molar-refractivity contribution is 0.164. The van der Waals surface area contributed by atoms with Crippen molar-refractivity contribution >= 4 is 23.3 Å². The summed E-state index contributed by atoms with van der Waals surface area (Å²) in [6.45, 7) is 3.13. The zero-order valence-electron chi connectivity index (χ0n) is 16.1. The van der Waals surface area contributed by atoms with Gasteiger partial charge in [0.05, 0.1) is 5.55 Å². The molecule has 5 nitrogen and oxygen atoms in total. The number of carbonyl (C=O) groups is 1. The predicted molar refractivity (Wildman–Crippen MR) is 114 cm³/mol. The molecule has 28 heavy (non-hydrogen) atoms. The van der Waals surface area contributed by atoms with Gasteiger partial charge in [-0.2, -0.15) is 10.1 Å². The van der Waals surface area contributed by atoms with Gasteiger partial charge in [-0.3, -0.25) is 0 Å². The quantitative estimate of drug-likeness (QED) is 0.779. The zero-order valence-corrected chi connectivity index (χ0v) is 17.0. The fourth-order valence-electron chi connectivity index (χ4n) is 3.11. The minimum absolute atomic E-state index is 0.144. The number of benzene rings is 2. The lowest BCUT2D eigenvalue weighted by Gasteiger charge is -2.27. The van der Waals surface area contributed by atoms with E-state index in [0.29, 0.717) is 13.1 Å². The van der Waals surface area contributed by atoms with Gasteiger partial charge in [0.25, 0.3) is 0 Å². The zero-order chi connectivity index (χ0) is 20.1. The van der Waals surface area contributed by atoms with Gasteiger partial charge < -0.3 is 10.6 Å². The standard InChI is InChI=1S/C21H25FN4OS/c1-3-25(2)21(27)26-20(28-14-24-26)19-13-17(10-9-15(19)7-5-11-23)16-6-4-8-18(22)12-16/h4,6,8-10,12-14,20H,3,5,7,11,23H2,1-2H3. The molecule has 2 aromatic carbocycles. The molecule has 1 unspecified atom stereocenters. The van der Waals surface area contributed by atoms with Crippen LogP contribution in [0.15, 0.2) is 47.6 Å². The van der Waals surface area contributed by atoms with Crippen molar-refractivity contribution in [1.82, 2.24) is 9.91 Å². The molecular weight excluding hydrogens is 375 g/mol. The summed E-state index contributed by atoms with van der Waals surface area (Å²) in [4.78, 5) is 14.4. The molecule has 2 amide bonds. The van der Waals surface area contributed by atoms with Crippen molar-refractivity contribution in [3.8, 4) is 11.1 Å². The number of carbonyl (C=O) groups excluding carboxylic acids is 1. The molecule has 2 aromatic rings. The Morgan fingerprint density at radius 2 is 2.07 bits per heavy atom. The summed E-state index contributed by atoms with van der Waals surface area (Å²) in [5.74, 6) is -0.272. The van der Waals surface area contributed by atoms with Crippen molar-refractivity contribution in [2.75, 3.05) is 20.1 Å². The maximum absolute atomic E-state index is 13.7. The molecule has 1 aliphatic rings. The average molecular weight is 401 g/mol. The predicted octanol–water partition coefficient (Wildman–Crippen LogP) is 4.45. The first-order valence-electron chi connectivity index (χ1n) is 9.36. The number of urea groups is 1. The topological polar surface area (TPSA) is 61.9 Å². The van der Waals surface area contributed by atoms with E-state index in [1.165, 1.54) is 28.9 Å². The van der Waals surface area contributed by atoms with E-state index >= 15 is 0 Å². The molecule has 0 spiro atoms. The van der Waals surface area contributed by atoms with Gasteiger partial charge in [-0.15, -0.1) is 0 Å². The molecule has 0 aromatic heterocycles. The van der Waals surface area contributed by atoms with Crippen LogP contribution in [0.5, 0.6) is 0 Å². The highest BCUT2D eigenvalue weighted by Crippen LogP contribution is 2.40. The molecule has 7 heteroatoms. The highest BCUT2D eigenvalue weighted by Gasteiger charge is 2.32. The second-order valence-corrected chi connectivity index (χ2v) is 7.60. The number of halogens is 1. The van der Waals surface area contributed by atoms with Crippen LogP contribution in [0.25, 0.3) is 11.1 Å². The summed E-state index contributed by atoms with van der Waals surface area (Å²) in [5.41, 5.74) is 11.3. The van der Waals surface area contributed by atoms with Crippen LogP contribution in [0.1, 0.15) is 29.8 Å². The van der Waals surface area contributed by atoms with Crippen molar-refractivity contribution in [3.63, 3.8) is 0 Å². The van der Waals surface area contributed by atoms with Gasteiger partial charge in [-0.1, -0.05) is 36.0 Å². The fraction of sp³-hybridized carbons (Fsp3) is 0.333. The first-order valence-corrected chi connectivity index (χ1v) is 10.3. The number of aryl methyl sites for hydroxylation is 1. The molecule has 1 atom stereocenters. The highest BCUT2D eigenvalue weighted by atomic mass is 32.2. The number of rotatable bonds is 6. The Morgan fingerprint density at radius 3 is 2.79 bits per heavy atom. The molecular formula is C21H25FN4OS. The Balaban J connectivity index is 2.01. The Labute approximate surface area is 169 Å². The van der Waals surface area contributed by atoms with Gasteiger partial charge in [0.2, 0.25) is 0 Å². The number of nitrogens with zero attached hydrogens (tertiary/aromatic N) is 3. The van der Waals surface area contributed by atoms with Crippen molar-refractivity contribution < 1.29 is 9.18 Å². The maximum atomic E-state index is 13.7. The molecule has 0 aliphatic carbocycles. The number of hydrazone groups is 1. The van der Waals surface area contributed by atoms with Gasteiger partial charge in [0.1, 0.15) is 11.2 Å². The van der Waals surface area contributed by atoms with Crippen LogP contribution in [0.2, 0.25) is 0 Å². The molecule has 0 fully saturated rings. The molecule has 3 rings (SSSR count). The lowest BCUT2D eigenvalue weighted by Crippen LogP contribution is -2.38. The van der Waals surface area contributed by atoms with Crippen LogP contribution in [-0.2, 0) is 6.42 Å². The van der Waals surface area contributed by atoms with Gasteiger partial charge in [0.15, 0.2) is 0 Å². The van der Waals surface area contributed by atoms with E-state index in [4.69, 9.17) is 5.73 Å². The minimum atomic E-state index is -0.272. The normalized spacial score (nSPS) is 15.9. The Morgan fingerprint density at radius 1 is 1.29 bits per heavy atom. The van der Waals surface area contributed by atoms with E-state index in [9.17, 15) is 9.18 Å². The molecule has 1 heterocycles. The monoisotopic (exact) mass is 400 g/mol. The van der Waals surface area contributed by atoms with E-state index in [-0.39, 0.29) is 17.2 Å². The third-order valence-electron chi connectivity index (χ3n) is 4.80. The molecule has 0 saturated carbocycles. The molecule has 2 N–H and O–H groups in total. The molecule has 0 radical (unpaired) electrons. The second-order valence-electron chi connectivity index (χ2n) is 6.67. The first-order chi connectivity index (χ1) is 13.5. The summed E-state index contributed by atoms with van der Waals surface area (Å²) in [7, 11) is 1.76.